The molecule has 0 fully saturated rings. The predicted molar refractivity (Wildman–Crippen MR) is 54.9 cm³/mol. The molecule has 0 spiro atoms. The number of hydrogen-bond donors (Lipinski definition) is 1. The molecule has 0 saturated heterocycles. The number of aliphatic hydroxyl groups is 1. The summed E-state index contributed by atoms with van der Waals surface area (Å²) in [7, 11) is 6.22. The van der Waals surface area contributed by atoms with E-state index in [1.54, 1.807) is 6.92 Å². The lowest BCUT2D eigenvalue weighted by Gasteiger charge is -2.23. The van der Waals surface area contributed by atoms with E-state index in [1.165, 1.54) is 6.08 Å². The molecular weight excluding hydrogens is 218 g/mol. The summed E-state index contributed by atoms with van der Waals surface area (Å²) in [6, 6.07) is 0. The summed E-state index contributed by atoms with van der Waals surface area (Å²) >= 11 is 0. The maximum absolute atomic E-state index is 11.0. The maximum Gasteiger partial charge on any atom is 0.373 e. The van der Waals surface area contributed by atoms with Gasteiger partial charge in [0.2, 0.25) is 0 Å². The van der Waals surface area contributed by atoms with Crippen molar-refractivity contribution in [3.63, 3.8) is 0 Å². The molecule has 0 aliphatic rings. The van der Waals surface area contributed by atoms with E-state index in [4.69, 9.17) is 9.84 Å². The Balaban J connectivity index is 0. The molecule has 0 radical (unpaired) electrons. The van der Waals surface area contributed by atoms with Crippen LogP contribution < -0.4 is 12.4 Å². The minimum absolute atomic E-state index is 0. The van der Waals surface area contributed by atoms with Crippen molar-refractivity contribution in [1.29, 1.82) is 0 Å². The highest BCUT2D eigenvalue weighted by molar-refractivity contribution is 5.85. The van der Waals surface area contributed by atoms with E-state index in [0.717, 1.165) is 17.4 Å². The van der Waals surface area contributed by atoms with Gasteiger partial charge in [0.1, 0.15) is 0 Å². The van der Waals surface area contributed by atoms with Gasteiger partial charge in [-0.15, -0.1) is 0 Å². The SMILES string of the molecule is CC=C(O)C(=O)OCCC[N+](C)(C)C.[Cl-]. The molecule has 0 aliphatic carbocycles. The van der Waals surface area contributed by atoms with Crippen LogP contribution in [0.2, 0.25) is 0 Å². The number of allylic oxidation sites excluding steroid dienone is 1. The van der Waals surface area contributed by atoms with Gasteiger partial charge in [-0.1, -0.05) is 0 Å². The number of quaternary nitrogens is 1. The van der Waals surface area contributed by atoms with E-state index < -0.39 is 5.97 Å². The summed E-state index contributed by atoms with van der Waals surface area (Å²) in [6.45, 7) is 2.87. The van der Waals surface area contributed by atoms with Crippen molar-refractivity contribution in [1.82, 2.24) is 0 Å². The van der Waals surface area contributed by atoms with Crippen molar-refractivity contribution >= 4 is 5.97 Å². The Morgan fingerprint density at radius 3 is 2.33 bits per heavy atom. The Morgan fingerprint density at radius 2 is 1.93 bits per heavy atom. The molecule has 5 heteroatoms. The average molecular weight is 238 g/mol. The molecule has 0 amide bonds. The van der Waals surface area contributed by atoms with Gasteiger partial charge in [-0.3, -0.25) is 0 Å². The summed E-state index contributed by atoms with van der Waals surface area (Å²) in [4.78, 5) is 11.0. The van der Waals surface area contributed by atoms with Gasteiger partial charge in [-0.25, -0.2) is 4.79 Å². The minimum Gasteiger partial charge on any atom is -1.00 e. The Bertz CT molecular complexity index is 221. The van der Waals surface area contributed by atoms with Crippen molar-refractivity contribution in [2.75, 3.05) is 34.3 Å². The van der Waals surface area contributed by atoms with Gasteiger partial charge >= 0.3 is 5.97 Å². The molecule has 0 aliphatic heterocycles. The maximum atomic E-state index is 11.0. The molecule has 0 aromatic carbocycles. The van der Waals surface area contributed by atoms with Crippen LogP contribution in [-0.2, 0) is 9.53 Å². The number of rotatable bonds is 5. The third-order valence-corrected chi connectivity index (χ3v) is 1.69. The summed E-state index contributed by atoms with van der Waals surface area (Å²) in [5, 5.41) is 8.97. The summed E-state index contributed by atoms with van der Waals surface area (Å²) in [5.74, 6) is -0.968. The number of carbonyl (C=O) groups excluding carboxylic acids is 1. The number of hydrogen-bond acceptors (Lipinski definition) is 3. The molecule has 0 saturated carbocycles. The van der Waals surface area contributed by atoms with Crippen LogP contribution in [0, 0.1) is 0 Å². The first-order valence-electron chi connectivity index (χ1n) is 4.69. The van der Waals surface area contributed by atoms with Crippen molar-refractivity contribution < 1.29 is 31.5 Å². The lowest BCUT2D eigenvalue weighted by atomic mass is 10.4. The molecule has 0 heterocycles. The van der Waals surface area contributed by atoms with Gasteiger partial charge in [0, 0.05) is 6.42 Å². The van der Waals surface area contributed by atoms with Gasteiger partial charge < -0.3 is 26.7 Å². The van der Waals surface area contributed by atoms with Crippen molar-refractivity contribution in [2.45, 2.75) is 13.3 Å². The van der Waals surface area contributed by atoms with Gasteiger partial charge in [-0.05, 0) is 13.0 Å². The molecule has 4 nitrogen and oxygen atoms in total. The van der Waals surface area contributed by atoms with Crippen LogP contribution in [-0.4, -0.2) is 49.9 Å². The third-order valence-electron chi connectivity index (χ3n) is 1.69. The quantitative estimate of drug-likeness (QED) is 0.200. The number of nitrogens with zero attached hydrogens (tertiary/aromatic N) is 1. The second kappa shape index (κ2) is 7.54. The van der Waals surface area contributed by atoms with E-state index in [2.05, 4.69) is 21.1 Å². The van der Waals surface area contributed by atoms with Gasteiger partial charge in [0.15, 0.2) is 5.76 Å². The minimum atomic E-state index is -0.645. The fourth-order valence-electron chi connectivity index (χ4n) is 0.896. The highest BCUT2D eigenvalue weighted by atomic mass is 35.5. The second-order valence-electron chi connectivity index (χ2n) is 4.18. The molecule has 0 atom stereocenters. The standard InChI is InChI=1S/C10H19NO3.ClH/c1-5-9(12)10(13)14-8-6-7-11(2,3)4;/h5H,6-8H2,1-4H3;1H. The van der Waals surface area contributed by atoms with E-state index in [0.29, 0.717) is 6.61 Å². The summed E-state index contributed by atoms with van der Waals surface area (Å²) in [6.07, 6.45) is 2.12. The molecule has 0 rings (SSSR count). The third kappa shape index (κ3) is 9.56. The van der Waals surface area contributed by atoms with Crippen LogP contribution in [0.4, 0.5) is 0 Å². The Labute approximate surface area is 97.5 Å². The number of esters is 1. The van der Waals surface area contributed by atoms with Crippen LogP contribution in [0.25, 0.3) is 0 Å². The molecule has 0 aromatic rings. The zero-order valence-corrected chi connectivity index (χ0v) is 10.5. The summed E-state index contributed by atoms with van der Waals surface area (Å²) < 4.78 is 5.66. The van der Waals surface area contributed by atoms with Crippen molar-refractivity contribution in [3.8, 4) is 0 Å². The van der Waals surface area contributed by atoms with Crippen LogP contribution in [0.3, 0.4) is 0 Å². The lowest BCUT2D eigenvalue weighted by molar-refractivity contribution is -0.870. The molecular formula is C10H20ClNO3. The fourth-order valence-corrected chi connectivity index (χ4v) is 0.896. The first-order chi connectivity index (χ1) is 6.37. The first kappa shape index (κ1) is 16.7. The highest BCUT2D eigenvalue weighted by Gasteiger charge is 2.09. The monoisotopic (exact) mass is 237 g/mol. The van der Waals surface area contributed by atoms with Crippen molar-refractivity contribution in [3.05, 3.63) is 11.8 Å². The highest BCUT2D eigenvalue weighted by Crippen LogP contribution is 1.97. The van der Waals surface area contributed by atoms with Crippen molar-refractivity contribution in [2.24, 2.45) is 0 Å². The molecule has 1 N–H and O–H groups in total. The second-order valence-corrected chi connectivity index (χ2v) is 4.18. The normalized spacial score (nSPS) is 11.9. The first-order valence-corrected chi connectivity index (χ1v) is 4.69. The summed E-state index contributed by atoms with van der Waals surface area (Å²) in [5.41, 5.74) is 0. The van der Waals surface area contributed by atoms with E-state index >= 15 is 0 Å². The Kier molecular flexibility index (Phi) is 8.38. The lowest BCUT2D eigenvalue weighted by Crippen LogP contribution is -3.00. The zero-order chi connectivity index (χ0) is 11.2. The Hall–Kier alpha value is -0.740. The van der Waals surface area contributed by atoms with Gasteiger partial charge in [0.25, 0.3) is 0 Å². The number of carbonyl (C=O) groups is 1. The largest absolute Gasteiger partial charge is 1.00 e. The zero-order valence-electron chi connectivity index (χ0n) is 9.79. The predicted octanol–water partition coefficient (Wildman–Crippen LogP) is -1.91. The average Bonchev–Trinajstić information content (AvgIpc) is 2.09. The molecule has 0 unspecified atom stereocenters. The van der Waals surface area contributed by atoms with Crippen LogP contribution >= 0.6 is 0 Å². The number of aliphatic hydroxyl groups excluding tert-OH is 1. The van der Waals surface area contributed by atoms with Crippen LogP contribution in [0.5, 0.6) is 0 Å². The molecule has 15 heavy (non-hydrogen) atoms. The van der Waals surface area contributed by atoms with E-state index in [-0.39, 0.29) is 18.2 Å². The van der Waals surface area contributed by atoms with Crippen LogP contribution in [0.15, 0.2) is 11.8 Å². The number of ether oxygens (including phenoxy) is 1. The molecule has 0 bridgehead atoms. The van der Waals surface area contributed by atoms with E-state index in [9.17, 15) is 4.79 Å². The van der Waals surface area contributed by atoms with E-state index in [1.807, 2.05) is 0 Å². The molecule has 0 aromatic heterocycles. The topological polar surface area (TPSA) is 46.5 Å². The Morgan fingerprint density at radius 1 is 1.40 bits per heavy atom. The smallest absolute Gasteiger partial charge is 0.373 e. The number of halogens is 1. The van der Waals surface area contributed by atoms with Crippen LogP contribution in [0.1, 0.15) is 13.3 Å². The molecule has 90 valence electrons. The van der Waals surface area contributed by atoms with Gasteiger partial charge in [0.05, 0.1) is 34.3 Å². The fraction of sp³-hybridized carbons (Fsp3) is 0.700. The van der Waals surface area contributed by atoms with Gasteiger partial charge in [-0.2, -0.15) is 0 Å².